The van der Waals surface area contributed by atoms with E-state index in [1.54, 1.807) is 13.0 Å². The van der Waals surface area contributed by atoms with Gasteiger partial charge in [-0.05, 0) is 18.5 Å². The first-order valence-electron chi connectivity index (χ1n) is 7.84. The van der Waals surface area contributed by atoms with Crippen LogP contribution in [0.4, 0.5) is 19.0 Å². The molecule has 0 saturated carbocycles. The van der Waals surface area contributed by atoms with Crippen molar-refractivity contribution in [3.05, 3.63) is 17.2 Å². The summed E-state index contributed by atoms with van der Waals surface area (Å²) in [5.41, 5.74) is 0.572. The maximum atomic E-state index is 12.9. The zero-order chi connectivity index (χ0) is 18.9. The number of hydrogen-bond acceptors (Lipinski definition) is 6. The van der Waals surface area contributed by atoms with Crippen LogP contribution in [0.5, 0.6) is 0 Å². The van der Waals surface area contributed by atoms with Crippen molar-refractivity contribution in [2.75, 3.05) is 31.2 Å². The first kappa shape index (κ1) is 18.6. The highest BCUT2D eigenvalue weighted by Gasteiger charge is 2.32. The van der Waals surface area contributed by atoms with Crippen molar-refractivity contribution in [3.8, 4) is 0 Å². The zero-order valence-electron chi connectivity index (χ0n) is 13.8. The molecule has 11 heteroatoms. The summed E-state index contributed by atoms with van der Waals surface area (Å²) in [7, 11) is 0. The lowest BCUT2D eigenvalue weighted by Gasteiger charge is -2.28. The number of rotatable bonds is 4. The van der Waals surface area contributed by atoms with Gasteiger partial charge in [-0.1, -0.05) is 6.08 Å². The number of nitrogens with zero attached hydrogens (tertiary/aromatic N) is 5. The lowest BCUT2D eigenvalue weighted by atomic mass is 10.2. The molecule has 2 aromatic rings. The van der Waals surface area contributed by atoms with E-state index in [9.17, 15) is 13.2 Å². The Morgan fingerprint density at radius 3 is 2.54 bits per heavy atom. The van der Waals surface area contributed by atoms with E-state index in [4.69, 9.17) is 21.7 Å². The van der Waals surface area contributed by atoms with E-state index in [0.717, 1.165) is 10.8 Å². The van der Waals surface area contributed by atoms with Gasteiger partial charge in [-0.15, -0.1) is 0 Å². The zero-order valence-corrected chi connectivity index (χ0v) is 14.6. The summed E-state index contributed by atoms with van der Waals surface area (Å²) >= 11 is 5.97. The minimum Gasteiger partial charge on any atom is -0.378 e. The van der Waals surface area contributed by atoms with Crippen LogP contribution >= 0.6 is 11.6 Å². The van der Waals surface area contributed by atoms with Gasteiger partial charge in [0, 0.05) is 24.9 Å². The smallest absolute Gasteiger partial charge is 0.378 e. The topological polar surface area (TPSA) is 79.9 Å². The molecule has 7 nitrogen and oxygen atoms in total. The highest BCUT2D eigenvalue weighted by molar-refractivity contribution is 6.29. The third kappa shape index (κ3) is 3.65. The third-order valence-corrected chi connectivity index (χ3v) is 4.19. The molecule has 0 atom stereocenters. The van der Waals surface area contributed by atoms with Gasteiger partial charge in [-0.25, -0.2) is 15.0 Å². The van der Waals surface area contributed by atoms with E-state index in [1.807, 2.05) is 4.90 Å². The summed E-state index contributed by atoms with van der Waals surface area (Å²) in [6.45, 7) is 2.37. The number of allylic oxidation sites excluding steroid dienone is 2. The Hall–Kier alpha value is -2.20. The maximum absolute atomic E-state index is 12.9. The molecule has 0 unspecified atom stereocenters. The summed E-state index contributed by atoms with van der Waals surface area (Å²) in [5.74, 6) is 0.536. The van der Waals surface area contributed by atoms with Crippen LogP contribution in [0.15, 0.2) is 6.08 Å². The molecule has 26 heavy (non-hydrogen) atoms. The standard InChI is InChI=1S/C15H16ClF3N6O/c1-2-9(7-20)11-22-12(24-3-5-26-6-4-24)10-13(23-11)25(14(16)21-10)8-15(17,18)19/h2,7,20H,3-6,8H2,1H3/b9-2+,20-7?. The molecule has 0 amide bonds. The van der Waals surface area contributed by atoms with Gasteiger partial charge in [0.25, 0.3) is 0 Å². The molecule has 0 spiro atoms. The number of halogens is 4. The fourth-order valence-corrected chi connectivity index (χ4v) is 2.91. The van der Waals surface area contributed by atoms with Gasteiger partial charge in [-0.2, -0.15) is 13.2 Å². The Kier molecular flexibility index (Phi) is 5.15. The largest absolute Gasteiger partial charge is 0.406 e. The average Bonchev–Trinajstić information content (AvgIpc) is 2.90. The Bertz CT molecular complexity index is 857. The van der Waals surface area contributed by atoms with Gasteiger partial charge in [-0.3, -0.25) is 4.57 Å². The average molecular weight is 389 g/mol. The van der Waals surface area contributed by atoms with E-state index in [2.05, 4.69) is 15.0 Å². The Morgan fingerprint density at radius 1 is 1.27 bits per heavy atom. The molecular weight excluding hydrogens is 373 g/mol. The molecule has 1 fully saturated rings. The van der Waals surface area contributed by atoms with Gasteiger partial charge in [0.1, 0.15) is 6.54 Å². The van der Waals surface area contributed by atoms with Crippen molar-refractivity contribution in [1.82, 2.24) is 19.5 Å². The molecule has 1 saturated heterocycles. The van der Waals surface area contributed by atoms with E-state index in [1.165, 1.54) is 0 Å². The lowest BCUT2D eigenvalue weighted by molar-refractivity contribution is -0.140. The Balaban J connectivity index is 2.23. The minimum absolute atomic E-state index is 0.0139. The highest BCUT2D eigenvalue weighted by Crippen LogP contribution is 2.30. The van der Waals surface area contributed by atoms with Gasteiger partial charge >= 0.3 is 6.18 Å². The van der Waals surface area contributed by atoms with Crippen LogP contribution in [0, 0.1) is 5.41 Å². The van der Waals surface area contributed by atoms with Crippen molar-refractivity contribution in [1.29, 1.82) is 5.41 Å². The first-order chi connectivity index (χ1) is 12.3. The first-order valence-corrected chi connectivity index (χ1v) is 8.22. The maximum Gasteiger partial charge on any atom is 0.406 e. The van der Waals surface area contributed by atoms with E-state index in [-0.39, 0.29) is 22.3 Å². The number of hydrogen-bond donors (Lipinski definition) is 1. The fourth-order valence-electron chi connectivity index (χ4n) is 2.68. The molecule has 2 aromatic heterocycles. The summed E-state index contributed by atoms with van der Waals surface area (Å²) in [6, 6.07) is 0. The van der Waals surface area contributed by atoms with Crippen LogP contribution < -0.4 is 4.90 Å². The number of nitrogens with one attached hydrogen (secondary N) is 1. The number of alkyl halides is 3. The summed E-state index contributed by atoms with van der Waals surface area (Å²) in [4.78, 5) is 14.6. The minimum atomic E-state index is -4.48. The monoisotopic (exact) mass is 388 g/mol. The van der Waals surface area contributed by atoms with E-state index >= 15 is 0 Å². The molecule has 3 heterocycles. The number of imidazole rings is 1. The number of anilines is 1. The molecule has 1 aliphatic heterocycles. The SMILES string of the molecule is C/C=C(\C=N)c1nc(N2CCOCC2)c2nc(Cl)n(CC(F)(F)F)c2n1. The summed E-state index contributed by atoms with van der Waals surface area (Å²) in [5, 5.41) is 7.18. The summed E-state index contributed by atoms with van der Waals surface area (Å²) in [6.07, 6.45) is -1.81. The van der Waals surface area contributed by atoms with Gasteiger partial charge in [0.2, 0.25) is 5.28 Å². The number of fused-ring (bicyclic) bond motifs is 1. The molecule has 1 N–H and O–H groups in total. The molecule has 0 aliphatic carbocycles. The second-order valence-electron chi connectivity index (χ2n) is 5.61. The van der Waals surface area contributed by atoms with Gasteiger partial charge < -0.3 is 15.0 Å². The van der Waals surface area contributed by atoms with Crippen LogP contribution in [0.2, 0.25) is 5.28 Å². The van der Waals surface area contributed by atoms with Crippen LogP contribution in [0.25, 0.3) is 16.7 Å². The van der Waals surface area contributed by atoms with Crippen LogP contribution in [-0.2, 0) is 11.3 Å². The van der Waals surface area contributed by atoms with Gasteiger partial charge in [0.15, 0.2) is 22.8 Å². The van der Waals surface area contributed by atoms with Crippen molar-refractivity contribution >= 4 is 40.4 Å². The second kappa shape index (κ2) is 7.20. The van der Waals surface area contributed by atoms with E-state index in [0.29, 0.717) is 37.7 Å². The number of morpholine rings is 1. The summed E-state index contributed by atoms with van der Waals surface area (Å²) < 4.78 is 45.0. The molecule has 0 aromatic carbocycles. The molecular formula is C15H16ClF3N6O. The molecule has 3 rings (SSSR count). The predicted octanol–water partition coefficient (Wildman–Crippen LogP) is 2.93. The van der Waals surface area contributed by atoms with Crippen molar-refractivity contribution < 1.29 is 17.9 Å². The molecule has 0 radical (unpaired) electrons. The lowest BCUT2D eigenvalue weighted by Crippen LogP contribution is -2.37. The molecule has 140 valence electrons. The Morgan fingerprint density at radius 2 is 1.96 bits per heavy atom. The van der Waals surface area contributed by atoms with Crippen LogP contribution in [0.1, 0.15) is 12.7 Å². The fraction of sp³-hybridized carbons (Fsp3) is 0.467. The highest BCUT2D eigenvalue weighted by atomic mass is 35.5. The third-order valence-electron chi connectivity index (χ3n) is 3.90. The quantitative estimate of drug-likeness (QED) is 0.643. The molecule has 1 aliphatic rings. The van der Waals surface area contributed by atoms with Crippen LogP contribution in [-0.4, -0.2) is 58.2 Å². The molecule has 0 bridgehead atoms. The number of aromatic nitrogens is 4. The van der Waals surface area contributed by atoms with Crippen LogP contribution in [0.3, 0.4) is 0 Å². The number of ether oxygens (including phenoxy) is 1. The second-order valence-corrected chi connectivity index (χ2v) is 5.95. The van der Waals surface area contributed by atoms with Crippen molar-refractivity contribution in [2.24, 2.45) is 0 Å². The van der Waals surface area contributed by atoms with Crippen molar-refractivity contribution in [3.63, 3.8) is 0 Å². The Labute approximate surface area is 152 Å². The van der Waals surface area contributed by atoms with Gasteiger partial charge in [0.05, 0.1) is 13.2 Å². The predicted molar refractivity (Wildman–Crippen MR) is 91.9 cm³/mol. The normalized spacial score (nSPS) is 16.3. The van der Waals surface area contributed by atoms with Crippen molar-refractivity contribution in [2.45, 2.75) is 19.6 Å². The van der Waals surface area contributed by atoms with E-state index < -0.39 is 12.7 Å².